The lowest BCUT2D eigenvalue weighted by Crippen LogP contribution is -2.35. The maximum Gasteiger partial charge on any atom is 0.224 e. The van der Waals surface area contributed by atoms with Gasteiger partial charge in [0.25, 0.3) is 0 Å². The van der Waals surface area contributed by atoms with Crippen LogP contribution in [0.5, 0.6) is 11.5 Å². The topological polar surface area (TPSA) is 96.9 Å². The number of thiazole rings is 1. The van der Waals surface area contributed by atoms with Gasteiger partial charge in [0.2, 0.25) is 11.8 Å². The third kappa shape index (κ3) is 5.51. The summed E-state index contributed by atoms with van der Waals surface area (Å²) in [6.07, 6.45) is 2.92. The van der Waals surface area contributed by atoms with Crippen molar-refractivity contribution in [3.05, 3.63) is 36.5 Å². The number of aromatic nitrogens is 2. The Morgan fingerprint density at radius 3 is 2.70 bits per heavy atom. The van der Waals surface area contributed by atoms with Crippen LogP contribution in [0, 0.1) is 0 Å². The molecule has 0 radical (unpaired) electrons. The van der Waals surface area contributed by atoms with Crippen LogP contribution in [-0.4, -0.2) is 67.1 Å². The van der Waals surface area contributed by atoms with Gasteiger partial charge in [-0.3, -0.25) is 9.59 Å². The molecule has 1 aromatic carbocycles. The first-order chi connectivity index (χ1) is 16.1. The molecule has 9 nitrogen and oxygen atoms in total. The molecule has 1 aliphatic heterocycles. The Bertz CT molecular complexity index is 1100. The standard InChI is InChI=1S/C23H27N5O4S/c1-31-18-7-6-16(15-19(18)32-2)25-20(29)8-9-21(30)27-11-4-12-28(14-13-27)23-26-17-5-3-10-24-22(17)33-23/h3,5-7,10,15H,4,8-9,11-14H2,1-2H3,(H,25,29). The van der Waals surface area contributed by atoms with E-state index in [0.29, 0.717) is 36.8 Å². The van der Waals surface area contributed by atoms with E-state index in [2.05, 4.69) is 20.2 Å². The number of benzene rings is 1. The minimum Gasteiger partial charge on any atom is -0.493 e. The molecule has 0 aliphatic carbocycles. The molecule has 0 saturated carbocycles. The first-order valence-electron chi connectivity index (χ1n) is 10.8. The first kappa shape index (κ1) is 22.8. The molecule has 2 amide bonds. The van der Waals surface area contributed by atoms with Crippen LogP contribution in [0.1, 0.15) is 19.3 Å². The van der Waals surface area contributed by atoms with Crippen LogP contribution in [0.25, 0.3) is 10.3 Å². The molecule has 3 aromatic rings. The van der Waals surface area contributed by atoms with Gasteiger partial charge in [-0.1, -0.05) is 11.3 Å². The second-order valence-electron chi connectivity index (χ2n) is 7.66. The van der Waals surface area contributed by atoms with Crippen molar-refractivity contribution in [3.8, 4) is 11.5 Å². The number of methoxy groups -OCH3 is 2. The van der Waals surface area contributed by atoms with Crippen molar-refractivity contribution in [1.29, 1.82) is 0 Å². The number of nitrogens with zero attached hydrogens (tertiary/aromatic N) is 4. The smallest absolute Gasteiger partial charge is 0.224 e. The summed E-state index contributed by atoms with van der Waals surface area (Å²) in [6.45, 7) is 2.84. The number of nitrogens with one attached hydrogen (secondary N) is 1. The number of hydrogen-bond acceptors (Lipinski definition) is 8. The van der Waals surface area contributed by atoms with Crippen LogP contribution in [0.3, 0.4) is 0 Å². The third-order valence-electron chi connectivity index (χ3n) is 5.51. The Kier molecular flexibility index (Phi) is 7.23. The van der Waals surface area contributed by atoms with Gasteiger partial charge in [0, 0.05) is 57.0 Å². The molecule has 0 unspecified atom stereocenters. The fourth-order valence-electron chi connectivity index (χ4n) is 3.77. The number of fused-ring (bicyclic) bond motifs is 1. The van der Waals surface area contributed by atoms with Crippen LogP contribution in [-0.2, 0) is 9.59 Å². The summed E-state index contributed by atoms with van der Waals surface area (Å²) in [7, 11) is 3.10. The molecule has 2 aromatic heterocycles. The number of amides is 2. The van der Waals surface area contributed by atoms with Crippen LogP contribution in [0.15, 0.2) is 36.5 Å². The second-order valence-corrected chi connectivity index (χ2v) is 8.62. The number of carbonyl (C=O) groups is 2. The largest absolute Gasteiger partial charge is 0.493 e. The number of carbonyl (C=O) groups excluding carboxylic acids is 2. The van der Waals surface area contributed by atoms with Crippen molar-refractivity contribution >= 4 is 44.3 Å². The average Bonchev–Trinajstić information content (AvgIpc) is 3.11. The summed E-state index contributed by atoms with van der Waals surface area (Å²) < 4.78 is 10.5. The van der Waals surface area contributed by atoms with Crippen LogP contribution < -0.4 is 19.7 Å². The summed E-state index contributed by atoms with van der Waals surface area (Å²) in [4.78, 5) is 39.1. The number of rotatable bonds is 7. The highest BCUT2D eigenvalue weighted by atomic mass is 32.1. The van der Waals surface area contributed by atoms with E-state index in [1.54, 1.807) is 42.8 Å². The Labute approximate surface area is 196 Å². The highest BCUT2D eigenvalue weighted by Crippen LogP contribution is 2.30. The summed E-state index contributed by atoms with van der Waals surface area (Å²) in [5, 5.41) is 3.75. The molecule has 1 saturated heterocycles. The highest BCUT2D eigenvalue weighted by Gasteiger charge is 2.22. The molecule has 33 heavy (non-hydrogen) atoms. The maximum absolute atomic E-state index is 12.7. The van der Waals surface area contributed by atoms with Gasteiger partial charge in [-0.25, -0.2) is 9.97 Å². The van der Waals surface area contributed by atoms with Crippen LogP contribution in [0.2, 0.25) is 0 Å². The Morgan fingerprint density at radius 1 is 1.06 bits per heavy atom. The predicted octanol–water partition coefficient (Wildman–Crippen LogP) is 3.17. The van der Waals surface area contributed by atoms with Gasteiger partial charge in [0.05, 0.1) is 14.2 Å². The van der Waals surface area contributed by atoms with Crippen molar-refractivity contribution in [2.75, 3.05) is 50.6 Å². The lowest BCUT2D eigenvalue weighted by Gasteiger charge is -2.21. The summed E-state index contributed by atoms with van der Waals surface area (Å²) in [5.41, 5.74) is 1.50. The minimum atomic E-state index is -0.214. The van der Waals surface area contributed by atoms with Gasteiger partial charge in [0.1, 0.15) is 10.3 Å². The van der Waals surface area contributed by atoms with Crippen molar-refractivity contribution in [2.45, 2.75) is 19.3 Å². The van der Waals surface area contributed by atoms with E-state index in [4.69, 9.17) is 9.47 Å². The molecular weight excluding hydrogens is 442 g/mol. The minimum absolute atomic E-state index is 0.00900. The third-order valence-corrected chi connectivity index (χ3v) is 6.55. The fourth-order valence-corrected chi connectivity index (χ4v) is 4.73. The quantitative estimate of drug-likeness (QED) is 0.568. The van der Waals surface area contributed by atoms with Crippen molar-refractivity contribution in [3.63, 3.8) is 0 Å². The van der Waals surface area contributed by atoms with Crippen LogP contribution in [0.4, 0.5) is 10.8 Å². The maximum atomic E-state index is 12.7. The van der Waals surface area contributed by atoms with Crippen molar-refractivity contribution < 1.29 is 19.1 Å². The average molecular weight is 470 g/mol. The lowest BCUT2D eigenvalue weighted by molar-refractivity contribution is -0.132. The van der Waals surface area contributed by atoms with Gasteiger partial charge in [-0.15, -0.1) is 0 Å². The summed E-state index contributed by atoms with van der Waals surface area (Å²) >= 11 is 1.57. The number of ether oxygens (including phenoxy) is 2. The molecule has 4 rings (SSSR count). The van der Waals surface area contributed by atoms with E-state index in [-0.39, 0.29) is 24.7 Å². The Hall–Kier alpha value is -3.40. The van der Waals surface area contributed by atoms with E-state index in [0.717, 1.165) is 28.4 Å². The first-order valence-corrected chi connectivity index (χ1v) is 11.6. The predicted molar refractivity (Wildman–Crippen MR) is 128 cm³/mol. The van der Waals surface area contributed by atoms with Gasteiger partial charge in [0.15, 0.2) is 16.6 Å². The zero-order valence-electron chi connectivity index (χ0n) is 18.7. The molecule has 1 aliphatic rings. The zero-order chi connectivity index (χ0) is 23.2. The molecule has 1 N–H and O–H groups in total. The molecule has 1 fully saturated rings. The van der Waals surface area contributed by atoms with E-state index >= 15 is 0 Å². The molecule has 10 heteroatoms. The van der Waals surface area contributed by atoms with E-state index in [9.17, 15) is 9.59 Å². The SMILES string of the molecule is COc1ccc(NC(=O)CCC(=O)N2CCCN(c3nc4cccnc4s3)CC2)cc1OC. The van der Waals surface area contributed by atoms with Crippen molar-refractivity contribution in [2.24, 2.45) is 0 Å². The van der Waals surface area contributed by atoms with Crippen LogP contribution >= 0.6 is 11.3 Å². The molecule has 0 spiro atoms. The normalized spacial score (nSPS) is 14.1. The molecule has 0 bridgehead atoms. The van der Waals surface area contributed by atoms with E-state index in [1.807, 2.05) is 17.0 Å². The Morgan fingerprint density at radius 2 is 1.91 bits per heavy atom. The number of hydrogen-bond donors (Lipinski definition) is 1. The Balaban J connectivity index is 1.27. The fraction of sp³-hybridized carbons (Fsp3) is 0.391. The van der Waals surface area contributed by atoms with Crippen molar-refractivity contribution in [1.82, 2.24) is 14.9 Å². The second kappa shape index (κ2) is 10.5. The molecular formula is C23H27N5O4S. The van der Waals surface area contributed by atoms with Gasteiger partial charge in [-0.2, -0.15) is 0 Å². The van der Waals surface area contributed by atoms with E-state index in [1.165, 1.54) is 7.11 Å². The zero-order valence-corrected chi connectivity index (χ0v) is 19.6. The monoisotopic (exact) mass is 469 g/mol. The summed E-state index contributed by atoms with van der Waals surface area (Å²) in [5.74, 6) is 0.895. The van der Waals surface area contributed by atoms with E-state index < -0.39 is 0 Å². The lowest BCUT2D eigenvalue weighted by atomic mass is 10.2. The highest BCUT2D eigenvalue weighted by molar-refractivity contribution is 7.21. The van der Waals surface area contributed by atoms with Gasteiger partial charge in [-0.05, 0) is 30.7 Å². The number of pyridine rings is 1. The van der Waals surface area contributed by atoms with Gasteiger partial charge < -0.3 is 24.6 Å². The number of anilines is 2. The molecule has 0 atom stereocenters. The van der Waals surface area contributed by atoms with Gasteiger partial charge >= 0.3 is 0 Å². The summed E-state index contributed by atoms with van der Waals surface area (Å²) in [6, 6.07) is 9.00. The molecule has 174 valence electrons. The molecule has 3 heterocycles.